The summed E-state index contributed by atoms with van der Waals surface area (Å²) in [6, 6.07) is 20.1. The van der Waals surface area contributed by atoms with Crippen molar-refractivity contribution in [2.45, 2.75) is 6.10 Å². The predicted octanol–water partition coefficient (Wildman–Crippen LogP) is 2.98. The van der Waals surface area contributed by atoms with Crippen LogP contribution in [0.15, 0.2) is 66.7 Å². The molecule has 2 aromatic carbocycles. The fourth-order valence-corrected chi connectivity index (χ4v) is 2.65. The van der Waals surface area contributed by atoms with Crippen LogP contribution in [0.25, 0.3) is 0 Å². The molecular formula is C20H18N4O3. The Labute approximate surface area is 156 Å². The topological polar surface area (TPSA) is 85.4 Å². The highest BCUT2D eigenvalue weighted by Crippen LogP contribution is 2.30. The van der Waals surface area contributed by atoms with Gasteiger partial charge in [-0.1, -0.05) is 30.3 Å². The minimum absolute atomic E-state index is 0.136. The molecule has 0 fully saturated rings. The lowest BCUT2D eigenvalue weighted by Crippen LogP contribution is -2.35. The molecule has 4 rings (SSSR count). The van der Waals surface area contributed by atoms with Gasteiger partial charge in [-0.2, -0.15) is 0 Å². The molecule has 0 bridgehead atoms. The predicted molar refractivity (Wildman–Crippen MR) is 101 cm³/mol. The van der Waals surface area contributed by atoms with Gasteiger partial charge in [0.25, 0.3) is 5.91 Å². The lowest BCUT2D eigenvalue weighted by Gasteiger charge is -2.26. The van der Waals surface area contributed by atoms with Crippen molar-refractivity contribution in [3.05, 3.63) is 72.4 Å². The number of rotatable bonds is 5. The van der Waals surface area contributed by atoms with Crippen LogP contribution in [0.1, 0.15) is 10.5 Å². The lowest BCUT2D eigenvalue weighted by molar-refractivity contribution is 0.0996. The van der Waals surface area contributed by atoms with Crippen LogP contribution in [0.2, 0.25) is 0 Å². The Morgan fingerprint density at radius 3 is 2.52 bits per heavy atom. The molecule has 1 atom stereocenters. The maximum absolute atomic E-state index is 12.2. The van der Waals surface area contributed by atoms with Gasteiger partial charge in [-0.05, 0) is 36.4 Å². The standard InChI is InChI=1S/C20H18N4O3/c25-20(22-14-6-2-1-3-7-14)16-10-11-19(24-23-16)21-12-15-13-26-17-8-4-5-9-18(17)27-15/h1-11,15H,12-13H2,(H,21,24)(H,22,25). The van der Waals surface area contributed by atoms with Crippen LogP contribution in [0.5, 0.6) is 11.5 Å². The second kappa shape index (κ2) is 7.74. The number of hydrogen-bond donors (Lipinski definition) is 2. The zero-order valence-electron chi connectivity index (χ0n) is 14.5. The number of para-hydroxylation sites is 3. The van der Waals surface area contributed by atoms with E-state index in [0.29, 0.717) is 24.7 Å². The van der Waals surface area contributed by atoms with E-state index in [0.717, 1.165) is 11.5 Å². The van der Waals surface area contributed by atoms with E-state index in [1.807, 2.05) is 54.6 Å². The van der Waals surface area contributed by atoms with Gasteiger partial charge in [-0.25, -0.2) is 0 Å². The molecular weight excluding hydrogens is 344 g/mol. The van der Waals surface area contributed by atoms with Gasteiger partial charge in [-0.15, -0.1) is 10.2 Å². The second-order valence-electron chi connectivity index (χ2n) is 6.00. The summed E-state index contributed by atoms with van der Waals surface area (Å²) < 4.78 is 11.6. The van der Waals surface area contributed by atoms with Crippen LogP contribution in [0, 0.1) is 0 Å². The first-order valence-corrected chi connectivity index (χ1v) is 8.60. The van der Waals surface area contributed by atoms with Gasteiger partial charge in [0.2, 0.25) is 0 Å². The van der Waals surface area contributed by atoms with Crippen LogP contribution in [-0.4, -0.2) is 35.4 Å². The Morgan fingerprint density at radius 1 is 0.963 bits per heavy atom. The van der Waals surface area contributed by atoms with Gasteiger partial charge in [0.1, 0.15) is 18.5 Å². The highest BCUT2D eigenvalue weighted by Gasteiger charge is 2.20. The summed E-state index contributed by atoms with van der Waals surface area (Å²) in [5.41, 5.74) is 0.955. The minimum atomic E-state index is -0.305. The van der Waals surface area contributed by atoms with E-state index in [9.17, 15) is 4.79 Å². The largest absolute Gasteiger partial charge is 0.486 e. The third-order valence-corrected chi connectivity index (χ3v) is 4.01. The van der Waals surface area contributed by atoms with Gasteiger partial charge in [0.05, 0.1) is 6.54 Å². The van der Waals surface area contributed by atoms with Crippen molar-refractivity contribution in [1.29, 1.82) is 0 Å². The Hall–Kier alpha value is -3.61. The first kappa shape index (κ1) is 16.8. The molecule has 0 radical (unpaired) electrons. The molecule has 136 valence electrons. The van der Waals surface area contributed by atoms with Gasteiger partial charge in [0.15, 0.2) is 17.2 Å². The number of ether oxygens (including phenoxy) is 2. The van der Waals surface area contributed by atoms with Crippen molar-refractivity contribution in [3.8, 4) is 11.5 Å². The summed E-state index contributed by atoms with van der Waals surface area (Å²) in [6.07, 6.45) is -0.136. The van der Waals surface area contributed by atoms with E-state index >= 15 is 0 Å². The molecule has 1 amide bonds. The van der Waals surface area contributed by atoms with E-state index in [1.165, 1.54) is 0 Å². The molecule has 1 aliphatic heterocycles. The summed E-state index contributed by atoms with van der Waals surface area (Å²) >= 11 is 0. The molecule has 7 nitrogen and oxygen atoms in total. The van der Waals surface area contributed by atoms with Crippen molar-refractivity contribution in [1.82, 2.24) is 10.2 Å². The van der Waals surface area contributed by atoms with Crippen molar-refractivity contribution in [3.63, 3.8) is 0 Å². The number of aromatic nitrogens is 2. The number of nitrogens with zero attached hydrogens (tertiary/aromatic N) is 2. The highest BCUT2D eigenvalue weighted by molar-refractivity contribution is 6.02. The maximum Gasteiger partial charge on any atom is 0.276 e. The number of benzene rings is 2. The monoisotopic (exact) mass is 362 g/mol. The van der Waals surface area contributed by atoms with Crippen LogP contribution in [0.3, 0.4) is 0 Å². The third-order valence-electron chi connectivity index (χ3n) is 4.01. The molecule has 1 aliphatic rings. The second-order valence-corrected chi connectivity index (χ2v) is 6.00. The third kappa shape index (κ3) is 4.14. The zero-order valence-corrected chi connectivity index (χ0v) is 14.5. The maximum atomic E-state index is 12.2. The first-order chi connectivity index (χ1) is 13.3. The van der Waals surface area contributed by atoms with Crippen LogP contribution in [-0.2, 0) is 0 Å². The smallest absolute Gasteiger partial charge is 0.276 e. The molecule has 2 heterocycles. The molecule has 1 aromatic heterocycles. The Kier molecular flexibility index (Phi) is 4.82. The van der Waals surface area contributed by atoms with E-state index in [-0.39, 0.29) is 17.7 Å². The average molecular weight is 362 g/mol. The van der Waals surface area contributed by atoms with E-state index in [4.69, 9.17) is 9.47 Å². The fourth-order valence-electron chi connectivity index (χ4n) is 2.65. The van der Waals surface area contributed by atoms with E-state index in [1.54, 1.807) is 12.1 Å². The molecule has 27 heavy (non-hydrogen) atoms. The summed E-state index contributed by atoms with van der Waals surface area (Å²) in [5, 5.41) is 14.0. The summed E-state index contributed by atoms with van der Waals surface area (Å²) in [7, 11) is 0. The first-order valence-electron chi connectivity index (χ1n) is 8.60. The average Bonchev–Trinajstić information content (AvgIpc) is 2.73. The van der Waals surface area contributed by atoms with E-state index in [2.05, 4.69) is 20.8 Å². The highest BCUT2D eigenvalue weighted by atomic mass is 16.6. The van der Waals surface area contributed by atoms with Gasteiger partial charge >= 0.3 is 0 Å². The lowest BCUT2D eigenvalue weighted by atomic mass is 10.2. The van der Waals surface area contributed by atoms with Crippen molar-refractivity contribution < 1.29 is 14.3 Å². The number of nitrogens with one attached hydrogen (secondary N) is 2. The number of amides is 1. The molecule has 1 unspecified atom stereocenters. The SMILES string of the molecule is O=C(Nc1ccccc1)c1ccc(NCC2COc3ccccc3O2)nn1. The quantitative estimate of drug-likeness (QED) is 0.726. The van der Waals surface area contributed by atoms with E-state index < -0.39 is 0 Å². The van der Waals surface area contributed by atoms with Gasteiger partial charge < -0.3 is 20.1 Å². The number of carbonyl (C=O) groups is 1. The minimum Gasteiger partial charge on any atom is -0.486 e. The van der Waals surface area contributed by atoms with Crippen molar-refractivity contribution >= 4 is 17.4 Å². The number of carbonyl (C=O) groups excluding carboxylic acids is 1. The summed E-state index contributed by atoms with van der Waals surface area (Å²) in [4.78, 5) is 12.2. The Morgan fingerprint density at radius 2 is 1.74 bits per heavy atom. The Balaban J connectivity index is 1.31. The normalized spacial score (nSPS) is 15.0. The summed E-state index contributed by atoms with van der Waals surface area (Å²) in [5.74, 6) is 1.74. The number of hydrogen-bond acceptors (Lipinski definition) is 6. The molecule has 3 aromatic rings. The fraction of sp³-hybridized carbons (Fsp3) is 0.150. The van der Waals surface area contributed by atoms with Crippen LogP contribution < -0.4 is 20.1 Å². The molecule has 0 aliphatic carbocycles. The Bertz CT molecular complexity index is 916. The van der Waals surface area contributed by atoms with Crippen molar-refractivity contribution in [2.75, 3.05) is 23.8 Å². The molecule has 2 N–H and O–H groups in total. The summed E-state index contributed by atoms with van der Waals surface area (Å²) in [6.45, 7) is 0.966. The number of fused-ring (bicyclic) bond motifs is 1. The van der Waals surface area contributed by atoms with Gasteiger partial charge in [-0.3, -0.25) is 4.79 Å². The molecule has 0 spiro atoms. The van der Waals surface area contributed by atoms with Crippen molar-refractivity contribution in [2.24, 2.45) is 0 Å². The van der Waals surface area contributed by atoms with Crippen LogP contribution in [0.4, 0.5) is 11.5 Å². The van der Waals surface area contributed by atoms with Gasteiger partial charge in [0, 0.05) is 5.69 Å². The molecule has 7 heteroatoms. The number of anilines is 2. The molecule has 0 saturated heterocycles. The molecule has 0 saturated carbocycles. The van der Waals surface area contributed by atoms with Crippen LogP contribution >= 0.6 is 0 Å². The zero-order chi connectivity index (χ0) is 18.5.